The lowest BCUT2D eigenvalue weighted by Gasteiger charge is -2.32. The molecule has 1 spiro atoms. The minimum atomic E-state index is -0.299. The topological polar surface area (TPSA) is 69.6 Å². The molecule has 7 heteroatoms. The van der Waals surface area contributed by atoms with Crippen molar-refractivity contribution in [2.75, 3.05) is 31.1 Å². The van der Waals surface area contributed by atoms with Gasteiger partial charge in [-0.25, -0.2) is 14.4 Å². The first-order valence-electron chi connectivity index (χ1n) is 12.0. The molecule has 0 unspecified atom stereocenters. The van der Waals surface area contributed by atoms with Gasteiger partial charge in [-0.15, -0.1) is 0 Å². The molecule has 1 saturated carbocycles. The van der Waals surface area contributed by atoms with E-state index in [0.717, 1.165) is 44.5 Å². The van der Waals surface area contributed by atoms with Crippen LogP contribution in [0.4, 0.5) is 16.0 Å². The number of aliphatic hydroxyl groups excluding tert-OH is 1. The molecule has 1 saturated heterocycles. The first-order valence-corrected chi connectivity index (χ1v) is 12.0. The molecular weight excluding hydrogens is 431 g/mol. The summed E-state index contributed by atoms with van der Waals surface area (Å²) >= 11 is 0. The Labute approximate surface area is 198 Å². The molecule has 0 bridgehead atoms. The molecule has 0 radical (unpaired) electrons. The van der Waals surface area contributed by atoms with E-state index in [-0.39, 0.29) is 29.7 Å². The smallest absolute Gasteiger partial charge is 0.253 e. The molecule has 2 fully saturated rings. The number of nitrogens with zero attached hydrogens (tertiary/aromatic N) is 4. The Kier molecular flexibility index (Phi) is 5.10. The number of fused-ring (bicyclic) bond motifs is 2. The second kappa shape index (κ2) is 8.17. The van der Waals surface area contributed by atoms with Crippen molar-refractivity contribution < 1.29 is 14.3 Å². The van der Waals surface area contributed by atoms with E-state index < -0.39 is 0 Å². The van der Waals surface area contributed by atoms with E-state index in [9.17, 15) is 14.3 Å². The van der Waals surface area contributed by atoms with Crippen LogP contribution in [0.3, 0.4) is 0 Å². The number of piperidine rings is 1. The van der Waals surface area contributed by atoms with Gasteiger partial charge in [-0.05, 0) is 55.4 Å². The Balaban J connectivity index is 1.31. The number of amides is 1. The number of likely N-dealkylation sites (tertiary alicyclic amines) is 1. The number of hydrogen-bond donors (Lipinski definition) is 1. The lowest BCUT2D eigenvalue weighted by atomic mass is 9.96. The summed E-state index contributed by atoms with van der Waals surface area (Å²) < 4.78 is 14.2. The average molecular weight is 459 g/mol. The summed E-state index contributed by atoms with van der Waals surface area (Å²) in [4.78, 5) is 26.4. The lowest BCUT2D eigenvalue weighted by molar-refractivity contribution is 0.0620. The standard InChI is InChI=1S/C27H27FN4O2/c28-23-6-2-1-5-21(23)20-13-29-26(30-14-20)32-17-27(9-10-27)22-8-7-19(12-24(22)32)25(34)31-11-3-4-18(15-31)16-33/h1-2,5-8,12-14,18,33H,3-4,9-11,15-17H2/t18-/m0/s1. The van der Waals surface area contributed by atoms with Crippen LogP contribution in [-0.2, 0) is 5.41 Å². The number of benzene rings is 2. The number of aliphatic hydroxyl groups is 1. The molecule has 1 aromatic heterocycles. The van der Waals surface area contributed by atoms with Crippen molar-refractivity contribution in [1.29, 1.82) is 0 Å². The predicted molar refractivity (Wildman–Crippen MR) is 127 cm³/mol. The molecule has 3 heterocycles. The van der Waals surface area contributed by atoms with Crippen LogP contribution in [0.5, 0.6) is 0 Å². The summed E-state index contributed by atoms with van der Waals surface area (Å²) in [5.41, 5.74) is 4.11. The van der Waals surface area contributed by atoms with Crippen molar-refractivity contribution in [1.82, 2.24) is 14.9 Å². The highest BCUT2D eigenvalue weighted by Crippen LogP contribution is 2.57. The second-order valence-electron chi connectivity index (χ2n) is 9.79. The van der Waals surface area contributed by atoms with Gasteiger partial charge in [-0.1, -0.05) is 24.3 Å². The van der Waals surface area contributed by atoms with Crippen LogP contribution in [0.1, 0.15) is 41.6 Å². The van der Waals surface area contributed by atoms with Crippen LogP contribution >= 0.6 is 0 Å². The van der Waals surface area contributed by atoms with Gasteiger partial charge in [0.15, 0.2) is 0 Å². The molecule has 3 aliphatic rings. The summed E-state index contributed by atoms with van der Waals surface area (Å²) in [6.45, 7) is 2.22. The van der Waals surface area contributed by atoms with E-state index in [2.05, 4.69) is 20.9 Å². The minimum Gasteiger partial charge on any atom is -0.396 e. The van der Waals surface area contributed by atoms with Crippen LogP contribution in [0.15, 0.2) is 54.9 Å². The molecule has 3 aromatic rings. The molecule has 2 aromatic carbocycles. The Morgan fingerprint density at radius 3 is 2.68 bits per heavy atom. The molecule has 1 amide bonds. The molecule has 1 atom stereocenters. The van der Waals surface area contributed by atoms with Gasteiger partial charge in [-0.2, -0.15) is 0 Å². The molecule has 34 heavy (non-hydrogen) atoms. The first kappa shape index (κ1) is 21.2. The van der Waals surface area contributed by atoms with E-state index in [1.165, 1.54) is 11.6 Å². The van der Waals surface area contributed by atoms with Crippen LogP contribution < -0.4 is 4.90 Å². The number of anilines is 2. The predicted octanol–water partition coefficient (Wildman–Crippen LogP) is 4.31. The SMILES string of the molecule is O=C(c1ccc2c(c1)N(c1ncc(-c3ccccc3F)cn1)CC21CC1)N1CCC[C@H](CO)C1. The van der Waals surface area contributed by atoms with Crippen molar-refractivity contribution in [3.05, 3.63) is 71.8 Å². The second-order valence-corrected chi connectivity index (χ2v) is 9.79. The normalized spacial score (nSPS) is 20.5. The van der Waals surface area contributed by atoms with E-state index in [1.807, 2.05) is 17.0 Å². The zero-order valence-corrected chi connectivity index (χ0v) is 19.0. The van der Waals surface area contributed by atoms with Gasteiger partial charge in [0.1, 0.15) is 5.82 Å². The Morgan fingerprint density at radius 1 is 1.15 bits per heavy atom. The maximum Gasteiger partial charge on any atom is 0.253 e. The van der Waals surface area contributed by atoms with Gasteiger partial charge in [0.25, 0.3) is 5.91 Å². The lowest BCUT2D eigenvalue weighted by Crippen LogP contribution is -2.41. The van der Waals surface area contributed by atoms with Crippen molar-refractivity contribution in [3.63, 3.8) is 0 Å². The monoisotopic (exact) mass is 458 g/mol. The third-order valence-electron chi connectivity index (χ3n) is 7.55. The Bertz CT molecular complexity index is 1240. The number of hydrogen-bond acceptors (Lipinski definition) is 5. The largest absolute Gasteiger partial charge is 0.396 e. The van der Waals surface area contributed by atoms with E-state index in [1.54, 1.807) is 30.6 Å². The van der Waals surface area contributed by atoms with E-state index in [4.69, 9.17) is 0 Å². The summed E-state index contributed by atoms with van der Waals surface area (Å²) in [6, 6.07) is 12.6. The maximum absolute atomic E-state index is 14.2. The van der Waals surface area contributed by atoms with Crippen LogP contribution in [-0.4, -0.2) is 52.1 Å². The maximum atomic E-state index is 14.2. The highest BCUT2D eigenvalue weighted by molar-refractivity contribution is 5.96. The number of halogens is 1. The summed E-state index contributed by atoms with van der Waals surface area (Å²) in [5, 5.41) is 9.54. The van der Waals surface area contributed by atoms with Crippen molar-refractivity contribution in [3.8, 4) is 11.1 Å². The zero-order valence-electron chi connectivity index (χ0n) is 19.0. The molecule has 1 aliphatic carbocycles. The van der Waals surface area contributed by atoms with Crippen molar-refractivity contribution in [2.24, 2.45) is 5.92 Å². The van der Waals surface area contributed by atoms with Gasteiger partial charge in [0.2, 0.25) is 5.95 Å². The molecule has 174 valence electrons. The summed E-state index contributed by atoms with van der Waals surface area (Å²) in [7, 11) is 0. The fraction of sp³-hybridized carbons (Fsp3) is 0.370. The highest BCUT2D eigenvalue weighted by atomic mass is 19.1. The molecule has 2 aliphatic heterocycles. The van der Waals surface area contributed by atoms with E-state index in [0.29, 0.717) is 29.2 Å². The van der Waals surface area contributed by atoms with E-state index >= 15 is 0 Å². The number of carbonyl (C=O) groups is 1. The number of rotatable bonds is 4. The van der Waals surface area contributed by atoms with Gasteiger partial charge in [-0.3, -0.25) is 4.79 Å². The molecular formula is C27H27FN4O2. The van der Waals surface area contributed by atoms with Gasteiger partial charge < -0.3 is 14.9 Å². The summed E-state index contributed by atoms with van der Waals surface area (Å²) in [6.07, 6.45) is 7.43. The first-order chi connectivity index (χ1) is 16.6. The van der Waals surface area contributed by atoms with Crippen LogP contribution in [0.2, 0.25) is 0 Å². The minimum absolute atomic E-state index is 0.00784. The number of aromatic nitrogens is 2. The summed E-state index contributed by atoms with van der Waals surface area (Å²) in [5.74, 6) is 0.424. The molecule has 1 N–H and O–H groups in total. The third-order valence-corrected chi connectivity index (χ3v) is 7.55. The van der Waals surface area contributed by atoms with Crippen molar-refractivity contribution in [2.45, 2.75) is 31.1 Å². The number of carbonyl (C=O) groups excluding carboxylic acids is 1. The van der Waals surface area contributed by atoms with Crippen LogP contribution in [0.25, 0.3) is 11.1 Å². The van der Waals surface area contributed by atoms with Gasteiger partial charge in [0, 0.05) is 66.4 Å². The van der Waals surface area contributed by atoms with Crippen molar-refractivity contribution >= 4 is 17.5 Å². The quantitative estimate of drug-likeness (QED) is 0.631. The fourth-order valence-electron chi connectivity index (χ4n) is 5.44. The average Bonchev–Trinajstić information content (AvgIpc) is 3.60. The zero-order chi connectivity index (χ0) is 23.3. The highest BCUT2D eigenvalue weighted by Gasteiger charge is 2.52. The van der Waals surface area contributed by atoms with Crippen LogP contribution in [0, 0.1) is 11.7 Å². The van der Waals surface area contributed by atoms with Gasteiger partial charge in [0.05, 0.1) is 0 Å². The third kappa shape index (κ3) is 3.55. The van der Waals surface area contributed by atoms with Gasteiger partial charge >= 0.3 is 0 Å². The fourth-order valence-corrected chi connectivity index (χ4v) is 5.44. The molecule has 6 rings (SSSR count). The Morgan fingerprint density at radius 2 is 1.94 bits per heavy atom. The Hall–Kier alpha value is -3.32. The molecule has 6 nitrogen and oxygen atoms in total.